The van der Waals surface area contributed by atoms with Crippen molar-refractivity contribution in [3.05, 3.63) is 53.9 Å². The van der Waals surface area contributed by atoms with Crippen LogP contribution in [0.2, 0.25) is 0 Å². The molecule has 2 heterocycles. The highest BCUT2D eigenvalue weighted by Crippen LogP contribution is 2.22. The number of methoxy groups -OCH3 is 2. The zero-order valence-corrected chi connectivity index (χ0v) is 19.2. The summed E-state index contributed by atoms with van der Waals surface area (Å²) in [5.74, 6) is -1.52. The van der Waals surface area contributed by atoms with Crippen LogP contribution in [0.1, 0.15) is 17.7 Å². The summed E-state index contributed by atoms with van der Waals surface area (Å²) in [5.41, 5.74) is 2.55. The van der Waals surface area contributed by atoms with Crippen LogP contribution in [0.15, 0.2) is 42.6 Å². The van der Waals surface area contributed by atoms with Crippen LogP contribution in [-0.2, 0) is 34.0 Å². The Bertz CT molecular complexity index is 915. The first-order valence-electron chi connectivity index (χ1n) is 10.7. The van der Waals surface area contributed by atoms with Crippen molar-refractivity contribution < 1.29 is 37.3 Å². The maximum Gasteiger partial charge on any atom is 0.490 e. The molecule has 2 aromatic rings. The third-order valence-electron chi connectivity index (χ3n) is 5.19. The lowest BCUT2D eigenvalue weighted by Gasteiger charge is -2.24. The molecule has 0 bridgehead atoms. The maximum atomic E-state index is 12.3. The second-order valence-electron chi connectivity index (χ2n) is 7.89. The molecule has 0 aliphatic carbocycles. The molecule has 1 aromatic heterocycles. The molecule has 3 rings (SSSR count). The van der Waals surface area contributed by atoms with Gasteiger partial charge < -0.3 is 24.5 Å². The summed E-state index contributed by atoms with van der Waals surface area (Å²) in [6, 6.07) is 12.5. The highest BCUT2D eigenvalue weighted by Gasteiger charge is 2.38. The molecule has 2 N–H and O–H groups in total. The van der Waals surface area contributed by atoms with Crippen molar-refractivity contribution in [1.82, 2.24) is 14.8 Å². The third-order valence-corrected chi connectivity index (χ3v) is 5.19. The molecule has 1 aromatic carbocycles. The predicted octanol–water partition coefficient (Wildman–Crippen LogP) is 2.91. The molecule has 0 saturated carbocycles. The van der Waals surface area contributed by atoms with E-state index in [-0.39, 0.29) is 11.8 Å². The second-order valence-corrected chi connectivity index (χ2v) is 7.89. The number of benzene rings is 1. The first-order chi connectivity index (χ1) is 16.1. The zero-order chi connectivity index (χ0) is 25.1. The van der Waals surface area contributed by atoms with Crippen molar-refractivity contribution in [2.75, 3.05) is 33.9 Å². The molecule has 1 atom stereocenters. The fraction of sp³-hybridized carbons (Fsp3) is 0.478. The van der Waals surface area contributed by atoms with Gasteiger partial charge in [-0.1, -0.05) is 12.1 Å². The summed E-state index contributed by atoms with van der Waals surface area (Å²) >= 11 is 0. The lowest BCUT2D eigenvalue weighted by Crippen LogP contribution is -2.33. The minimum absolute atomic E-state index is 0.0945. The predicted molar refractivity (Wildman–Crippen MR) is 118 cm³/mol. The highest BCUT2D eigenvalue weighted by molar-refractivity contribution is 5.76. The Hall–Kier alpha value is -3.05. The number of carbonyl (C=O) groups is 2. The number of halogens is 3. The second kappa shape index (κ2) is 13.0. The van der Waals surface area contributed by atoms with Crippen LogP contribution in [0.25, 0.3) is 0 Å². The van der Waals surface area contributed by atoms with E-state index >= 15 is 0 Å². The Morgan fingerprint density at radius 3 is 2.41 bits per heavy atom. The monoisotopic (exact) mass is 485 g/mol. The van der Waals surface area contributed by atoms with Gasteiger partial charge >= 0.3 is 12.1 Å². The van der Waals surface area contributed by atoms with E-state index in [4.69, 9.17) is 19.4 Å². The van der Waals surface area contributed by atoms with E-state index in [1.165, 1.54) is 11.3 Å². The number of nitrogens with zero attached hydrogens (tertiary/aromatic N) is 2. The Kier molecular flexibility index (Phi) is 10.4. The molecule has 0 spiro atoms. The normalized spacial score (nSPS) is 16.0. The number of carboxylic acids is 1. The van der Waals surface area contributed by atoms with Gasteiger partial charge in [-0.2, -0.15) is 13.2 Å². The summed E-state index contributed by atoms with van der Waals surface area (Å²) < 4.78 is 44.3. The average molecular weight is 486 g/mol. The molecule has 1 aliphatic rings. The minimum Gasteiger partial charge on any atom is -0.497 e. The summed E-state index contributed by atoms with van der Waals surface area (Å²) in [7, 11) is 3.32. The number of hydrogen-bond donors (Lipinski definition) is 2. The van der Waals surface area contributed by atoms with Crippen LogP contribution in [0.4, 0.5) is 13.2 Å². The molecule has 8 nitrogen and oxygen atoms in total. The van der Waals surface area contributed by atoms with Gasteiger partial charge in [0.05, 0.1) is 13.7 Å². The summed E-state index contributed by atoms with van der Waals surface area (Å²) in [6.45, 7) is 4.62. The number of aliphatic carboxylic acids is 1. The van der Waals surface area contributed by atoms with Gasteiger partial charge in [-0.25, -0.2) is 4.79 Å². The first-order valence-corrected chi connectivity index (χ1v) is 10.7. The topological polar surface area (TPSA) is 93.0 Å². The zero-order valence-electron chi connectivity index (χ0n) is 19.2. The molecular weight excluding hydrogens is 455 g/mol. The van der Waals surface area contributed by atoms with E-state index in [2.05, 4.69) is 45.2 Å². The van der Waals surface area contributed by atoms with Crippen LogP contribution < -0.4 is 10.1 Å². The SMILES string of the molecule is COCCNC(=O)CC1CN(Cc2ccc(OC)cc2)Cc2cccn2C1.O=C(O)C(F)(F)F. The van der Waals surface area contributed by atoms with Crippen LogP contribution in [-0.4, -0.2) is 66.5 Å². The van der Waals surface area contributed by atoms with Crippen molar-refractivity contribution in [3.8, 4) is 5.75 Å². The van der Waals surface area contributed by atoms with E-state index in [0.29, 0.717) is 19.6 Å². The molecule has 188 valence electrons. The van der Waals surface area contributed by atoms with Gasteiger partial charge in [0.25, 0.3) is 0 Å². The number of fused-ring (bicyclic) bond motifs is 1. The number of nitrogens with one attached hydrogen (secondary N) is 1. The van der Waals surface area contributed by atoms with E-state index in [1.54, 1.807) is 14.2 Å². The van der Waals surface area contributed by atoms with Crippen molar-refractivity contribution in [2.45, 2.75) is 32.2 Å². The Balaban J connectivity index is 0.000000509. The lowest BCUT2D eigenvalue weighted by atomic mass is 10.0. The maximum absolute atomic E-state index is 12.3. The molecule has 1 unspecified atom stereocenters. The van der Waals surface area contributed by atoms with Crippen molar-refractivity contribution >= 4 is 11.9 Å². The smallest absolute Gasteiger partial charge is 0.490 e. The van der Waals surface area contributed by atoms with Gasteiger partial charge in [-0.3, -0.25) is 9.69 Å². The number of rotatable bonds is 8. The molecule has 11 heteroatoms. The van der Waals surface area contributed by atoms with E-state index in [9.17, 15) is 18.0 Å². The van der Waals surface area contributed by atoms with Gasteiger partial charge in [0.1, 0.15) is 5.75 Å². The van der Waals surface area contributed by atoms with Gasteiger partial charge in [-0.05, 0) is 35.7 Å². The van der Waals surface area contributed by atoms with Crippen molar-refractivity contribution in [2.24, 2.45) is 5.92 Å². The first kappa shape index (κ1) is 27.2. The van der Waals surface area contributed by atoms with Crippen molar-refractivity contribution in [3.63, 3.8) is 0 Å². The van der Waals surface area contributed by atoms with Gasteiger partial charge in [0, 0.05) is 58.1 Å². The molecule has 0 radical (unpaired) electrons. The summed E-state index contributed by atoms with van der Waals surface area (Å²) in [6.07, 6.45) is -2.44. The number of amides is 1. The number of alkyl halides is 3. The molecule has 1 amide bonds. The van der Waals surface area contributed by atoms with Crippen LogP contribution in [0.5, 0.6) is 5.75 Å². The fourth-order valence-electron chi connectivity index (χ4n) is 3.63. The minimum atomic E-state index is -5.08. The highest BCUT2D eigenvalue weighted by atomic mass is 19.4. The van der Waals surface area contributed by atoms with E-state index in [0.717, 1.165) is 31.9 Å². The Morgan fingerprint density at radius 2 is 1.82 bits per heavy atom. The molecule has 34 heavy (non-hydrogen) atoms. The van der Waals surface area contributed by atoms with Crippen molar-refractivity contribution in [1.29, 1.82) is 0 Å². The molecular formula is C23H30F3N3O5. The van der Waals surface area contributed by atoms with Crippen LogP contribution in [0.3, 0.4) is 0 Å². The van der Waals surface area contributed by atoms with Gasteiger partial charge in [-0.15, -0.1) is 0 Å². The van der Waals surface area contributed by atoms with E-state index < -0.39 is 12.1 Å². The summed E-state index contributed by atoms with van der Waals surface area (Å²) in [5, 5.41) is 10.1. The Labute approximate surface area is 196 Å². The lowest BCUT2D eigenvalue weighted by molar-refractivity contribution is -0.192. The van der Waals surface area contributed by atoms with E-state index in [1.807, 2.05) is 12.1 Å². The molecule has 0 fully saturated rings. The summed E-state index contributed by atoms with van der Waals surface area (Å²) in [4.78, 5) is 23.6. The van der Waals surface area contributed by atoms with Gasteiger partial charge in [0.15, 0.2) is 0 Å². The van der Waals surface area contributed by atoms with Gasteiger partial charge in [0.2, 0.25) is 5.91 Å². The van der Waals surface area contributed by atoms with Crippen LogP contribution >= 0.6 is 0 Å². The number of aromatic nitrogens is 1. The number of carboxylic acid groups (broad SMARTS) is 1. The molecule has 1 aliphatic heterocycles. The number of hydrogen-bond acceptors (Lipinski definition) is 5. The standard InChI is InChI=1S/C21H29N3O3.C2HF3O2/c1-26-11-9-22-21(25)12-18-14-23(16-19-4-3-10-24(19)15-18)13-17-5-7-20(27-2)8-6-17;3-2(4,5)1(6)7/h3-8,10,18H,9,11-16H2,1-2H3,(H,22,25);(H,6,7). The number of ether oxygens (including phenoxy) is 2. The Morgan fingerprint density at radius 1 is 1.15 bits per heavy atom. The quantitative estimate of drug-likeness (QED) is 0.559. The molecule has 0 saturated heterocycles. The van der Waals surface area contributed by atoms with Crippen LogP contribution in [0, 0.1) is 5.92 Å². The number of carbonyl (C=O) groups excluding carboxylic acids is 1. The largest absolute Gasteiger partial charge is 0.497 e. The fourth-order valence-corrected chi connectivity index (χ4v) is 3.63. The third kappa shape index (κ3) is 9.06. The average Bonchev–Trinajstić information content (AvgIpc) is 3.13.